The first-order valence-corrected chi connectivity index (χ1v) is 12.6. The van der Waals surface area contributed by atoms with Gasteiger partial charge in [-0.25, -0.2) is 0 Å². The summed E-state index contributed by atoms with van der Waals surface area (Å²) in [7, 11) is 0. The van der Waals surface area contributed by atoms with Gasteiger partial charge in [0, 0.05) is 17.6 Å². The number of carbonyl (C=O) groups excluding carboxylic acids is 2. The molecule has 2 aromatic carbocycles. The zero-order chi connectivity index (χ0) is 24.7. The van der Waals surface area contributed by atoms with E-state index in [2.05, 4.69) is 26.1 Å². The van der Waals surface area contributed by atoms with Crippen molar-refractivity contribution in [2.75, 3.05) is 6.61 Å². The van der Waals surface area contributed by atoms with Gasteiger partial charge in [-0.15, -0.1) is 0 Å². The Balaban J connectivity index is 1.69. The summed E-state index contributed by atoms with van der Waals surface area (Å²) < 4.78 is 5.81. The van der Waals surface area contributed by atoms with Crippen molar-refractivity contribution in [3.8, 4) is 5.75 Å². The summed E-state index contributed by atoms with van der Waals surface area (Å²) in [5, 5.41) is 3.78. The number of halogens is 1. The van der Waals surface area contributed by atoms with Crippen LogP contribution in [0.3, 0.4) is 0 Å². The maximum absolute atomic E-state index is 13.2. The summed E-state index contributed by atoms with van der Waals surface area (Å²) in [6, 6.07) is 14.7. The van der Waals surface area contributed by atoms with Crippen molar-refractivity contribution in [2.45, 2.75) is 83.8 Å². The summed E-state index contributed by atoms with van der Waals surface area (Å²) in [6.45, 7) is 8.41. The Morgan fingerprint density at radius 1 is 1.03 bits per heavy atom. The van der Waals surface area contributed by atoms with Crippen LogP contribution in [0.2, 0.25) is 5.02 Å². The van der Waals surface area contributed by atoms with E-state index in [0.717, 1.165) is 31.2 Å². The number of hydrogen-bond donors (Lipinski definition) is 1. The van der Waals surface area contributed by atoms with E-state index in [1.54, 1.807) is 24.0 Å². The molecule has 184 valence electrons. The van der Waals surface area contributed by atoms with Gasteiger partial charge in [-0.1, -0.05) is 75.9 Å². The van der Waals surface area contributed by atoms with E-state index < -0.39 is 6.04 Å². The van der Waals surface area contributed by atoms with Crippen molar-refractivity contribution < 1.29 is 14.3 Å². The average Bonchev–Trinajstić information content (AvgIpc) is 2.82. The number of amides is 2. The van der Waals surface area contributed by atoms with Crippen molar-refractivity contribution in [3.63, 3.8) is 0 Å². The second-order valence-corrected chi connectivity index (χ2v) is 10.7. The quantitative estimate of drug-likeness (QED) is 0.508. The molecule has 0 radical (unpaired) electrons. The van der Waals surface area contributed by atoms with Crippen LogP contribution in [0, 0.1) is 0 Å². The molecule has 1 saturated carbocycles. The number of hydrogen-bond acceptors (Lipinski definition) is 3. The van der Waals surface area contributed by atoms with E-state index in [0.29, 0.717) is 17.3 Å². The van der Waals surface area contributed by atoms with Crippen LogP contribution in [0.15, 0.2) is 48.5 Å². The van der Waals surface area contributed by atoms with Gasteiger partial charge in [-0.2, -0.15) is 0 Å². The molecule has 1 aliphatic rings. The van der Waals surface area contributed by atoms with Gasteiger partial charge in [0.2, 0.25) is 5.91 Å². The molecule has 1 atom stereocenters. The zero-order valence-electron chi connectivity index (χ0n) is 20.8. The summed E-state index contributed by atoms with van der Waals surface area (Å²) in [5.74, 6) is 0.275. The number of carbonyl (C=O) groups is 2. The van der Waals surface area contributed by atoms with Crippen LogP contribution < -0.4 is 10.1 Å². The van der Waals surface area contributed by atoms with Crippen LogP contribution in [0.25, 0.3) is 0 Å². The van der Waals surface area contributed by atoms with Crippen LogP contribution in [-0.4, -0.2) is 35.4 Å². The monoisotopic (exact) mass is 484 g/mol. The molecule has 1 fully saturated rings. The molecule has 1 aliphatic carbocycles. The van der Waals surface area contributed by atoms with Crippen LogP contribution in [0.5, 0.6) is 5.75 Å². The molecular weight excluding hydrogens is 448 g/mol. The minimum absolute atomic E-state index is 0.0465. The van der Waals surface area contributed by atoms with Crippen molar-refractivity contribution in [1.29, 1.82) is 0 Å². The molecule has 1 N–H and O–H groups in total. The second-order valence-electron chi connectivity index (χ2n) is 10.2. The molecule has 34 heavy (non-hydrogen) atoms. The SMILES string of the molecule is C[C@H](C(=O)NC1CCCCC1)N(Cc1ccc(Cl)cc1)C(=O)COc1ccc(C(C)(C)C)cc1. The molecule has 5 nitrogen and oxygen atoms in total. The van der Waals surface area contributed by atoms with E-state index in [1.807, 2.05) is 36.4 Å². The van der Waals surface area contributed by atoms with E-state index in [1.165, 1.54) is 12.0 Å². The standard InChI is InChI=1S/C28H37ClN2O3/c1-20(27(33)30-24-8-6-5-7-9-24)31(18-21-10-14-23(29)15-11-21)26(32)19-34-25-16-12-22(13-17-25)28(2,3)4/h10-17,20,24H,5-9,18-19H2,1-4H3,(H,30,33)/t20-/m1/s1. The second kappa shape index (κ2) is 11.7. The zero-order valence-corrected chi connectivity index (χ0v) is 21.5. The molecule has 0 aromatic heterocycles. The normalized spacial score (nSPS) is 15.4. The largest absolute Gasteiger partial charge is 0.484 e. The Hall–Kier alpha value is -2.53. The highest BCUT2D eigenvalue weighted by molar-refractivity contribution is 6.30. The fourth-order valence-electron chi connectivity index (χ4n) is 4.22. The predicted molar refractivity (Wildman–Crippen MR) is 137 cm³/mol. The summed E-state index contributed by atoms with van der Waals surface area (Å²) in [6.07, 6.45) is 5.48. The summed E-state index contributed by atoms with van der Waals surface area (Å²) >= 11 is 6.02. The third-order valence-electron chi connectivity index (χ3n) is 6.47. The summed E-state index contributed by atoms with van der Waals surface area (Å²) in [4.78, 5) is 27.9. The fraction of sp³-hybridized carbons (Fsp3) is 0.500. The predicted octanol–water partition coefficient (Wildman–Crippen LogP) is 5.88. The molecule has 0 heterocycles. The maximum Gasteiger partial charge on any atom is 0.261 e. The topological polar surface area (TPSA) is 58.6 Å². The number of rotatable bonds is 8. The lowest BCUT2D eigenvalue weighted by Gasteiger charge is -2.31. The first-order valence-electron chi connectivity index (χ1n) is 12.2. The molecule has 0 aliphatic heterocycles. The molecular formula is C28H37ClN2O3. The van der Waals surface area contributed by atoms with Crippen molar-refractivity contribution in [3.05, 3.63) is 64.7 Å². The lowest BCUT2D eigenvalue weighted by atomic mass is 9.87. The number of benzene rings is 2. The van der Waals surface area contributed by atoms with E-state index in [4.69, 9.17) is 16.3 Å². The van der Waals surface area contributed by atoms with Crippen molar-refractivity contribution in [2.24, 2.45) is 0 Å². The van der Waals surface area contributed by atoms with Crippen molar-refractivity contribution >= 4 is 23.4 Å². The Morgan fingerprint density at radius 2 is 1.65 bits per heavy atom. The molecule has 2 aromatic rings. The molecule has 0 saturated heterocycles. The van der Waals surface area contributed by atoms with E-state index >= 15 is 0 Å². The van der Waals surface area contributed by atoms with Crippen molar-refractivity contribution in [1.82, 2.24) is 10.2 Å². The van der Waals surface area contributed by atoms with Gasteiger partial charge in [-0.05, 0) is 60.6 Å². The van der Waals surface area contributed by atoms with Gasteiger partial charge in [0.15, 0.2) is 6.61 Å². The Kier molecular flexibility index (Phi) is 9.01. The highest BCUT2D eigenvalue weighted by Crippen LogP contribution is 2.24. The lowest BCUT2D eigenvalue weighted by Crippen LogP contribution is -2.51. The first kappa shape index (κ1) is 26.1. The lowest BCUT2D eigenvalue weighted by molar-refractivity contribution is -0.142. The maximum atomic E-state index is 13.2. The van der Waals surface area contributed by atoms with Crippen LogP contribution in [0.1, 0.15) is 70.9 Å². The third-order valence-corrected chi connectivity index (χ3v) is 6.72. The summed E-state index contributed by atoms with van der Waals surface area (Å²) in [5.41, 5.74) is 2.15. The smallest absolute Gasteiger partial charge is 0.261 e. The molecule has 2 amide bonds. The number of ether oxygens (including phenoxy) is 1. The van der Waals surface area contributed by atoms with Crippen LogP contribution in [-0.2, 0) is 21.5 Å². The van der Waals surface area contributed by atoms with E-state index in [9.17, 15) is 9.59 Å². The molecule has 6 heteroatoms. The van der Waals surface area contributed by atoms with Gasteiger partial charge in [-0.3, -0.25) is 9.59 Å². The molecule has 0 bridgehead atoms. The number of nitrogens with zero attached hydrogens (tertiary/aromatic N) is 1. The van der Waals surface area contributed by atoms with Crippen LogP contribution >= 0.6 is 11.6 Å². The third kappa shape index (κ3) is 7.49. The van der Waals surface area contributed by atoms with Gasteiger partial charge in [0.05, 0.1) is 0 Å². The van der Waals surface area contributed by atoms with Gasteiger partial charge in [0.25, 0.3) is 5.91 Å². The fourth-order valence-corrected chi connectivity index (χ4v) is 4.34. The average molecular weight is 485 g/mol. The minimum Gasteiger partial charge on any atom is -0.484 e. The van der Waals surface area contributed by atoms with E-state index in [-0.39, 0.29) is 29.9 Å². The highest BCUT2D eigenvalue weighted by atomic mass is 35.5. The Labute approximate surface area is 208 Å². The first-order chi connectivity index (χ1) is 16.1. The molecule has 3 rings (SSSR count). The van der Waals surface area contributed by atoms with Gasteiger partial charge in [0.1, 0.15) is 11.8 Å². The Morgan fingerprint density at radius 3 is 2.24 bits per heavy atom. The van der Waals surface area contributed by atoms with Gasteiger partial charge < -0.3 is 15.0 Å². The molecule has 0 spiro atoms. The van der Waals surface area contributed by atoms with Gasteiger partial charge >= 0.3 is 0 Å². The minimum atomic E-state index is -0.614. The number of nitrogens with one attached hydrogen (secondary N) is 1. The van der Waals surface area contributed by atoms with Crippen LogP contribution in [0.4, 0.5) is 0 Å². The molecule has 0 unspecified atom stereocenters. The Bertz CT molecular complexity index is 945. The highest BCUT2D eigenvalue weighted by Gasteiger charge is 2.28.